The van der Waals surface area contributed by atoms with Gasteiger partial charge in [0.2, 0.25) is 11.8 Å². The van der Waals surface area contributed by atoms with Crippen molar-refractivity contribution in [1.29, 1.82) is 0 Å². The normalized spacial score (nSPS) is 13.3. The molecule has 3 amide bonds. The predicted octanol–water partition coefficient (Wildman–Crippen LogP) is 6.97. The van der Waals surface area contributed by atoms with Crippen LogP contribution in [-0.4, -0.2) is 63.7 Å². The van der Waals surface area contributed by atoms with Gasteiger partial charge in [-0.05, 0) is 71.6 Å². The Morgan fingerprint density at radius 2 is 1.27 bits per heavy atom. The van der Waals surface area contributed by atoms with Crippen molar-refractivity contribution in [2.75, 3.05) is 6.54 Å². The minimum absolute atomic E-state index is 0.117. The maximum atomic E-state index is 14.9. The van der Waals surface area contributed by atoms with Crippen molar-refractivity contribution in [3.8, 4) is 5.75 Å². The molecule has 0 spiro atoms. The van der Waals surface area contributed by atoms with Gasteiger partial charge in [-0.1, -0.05) is 98.6 Å². The molecule has 0 saturated carbocycles. The van der Waals surface area contributed by atoms with Gasteiger partial charge in [0, 0.05) is 24.9 Å². The van der Waals surface area contributed by atoms with Crippen LogP contribution in [-0.2, 0) is 36.7 Å². The number of nitrogens with one attached hydrogen (secondary N) is 2. The van der Waals surface area contributed by atoms with Crippen molar-refractivity contribution < 1.29 is 33.8 Å². The van der Waals surface area contributed by atoms with Gasteiger partial charge in [-0.25, -0.2) is 9.59 Å². The maximum Gasteiger partial charge on any atom is 0.408 e. The Balaban J connectivity index is 2.15. The van der Waals surface area contributed by atoms with E-state index < -0.39 is 53.2 Å². The lowest BCUT2D eigenvalue weighted by Crippen LogP contribution is -2.55. The molecule has 10 nitrogen and oxygen atoms in total. The van der Waals surface area contributed by atoms with E-state index in [1.54, 1.807) is 66.7 Å². The van der Waals surface area contributed by atoms with Crippen LogP contribution in [0.15, 0.2) is 78.9 Å². The van der Waals surface area contributed by atoms with Crippen LogP contribution in [0.3, 0.4) is 0 Å². The number of carbonyl (C=O) groups excluding carboxylic acids is 4. The van der Waals surface area contributed by atoms with Crippen LogP contribution in [0.1, 0.15) is 96.0 Å². The summed E-state index contributed by atoms with van der Waals surface area (Å²) >= 11 is 0. The molecular formula is C41H55N3O7. The van der Waals surface area contributed by atoms with E-state index in [4.69, 9.17) is 9.47 Å². The third-order valence-electron chi connectivity index (χ3n) is 7.97. The topological polar surface area (TPSA) is 134 Å². The van der Waals surface area contributed by atoms with E-state index in [-0.39, 0.29) is 30.7 Å². The van der Waals surface area contributed by atoms with Crippen LogP contribution < -0.4 is 10.6 Å². The first-order valence-corrected chi connectivity index (χ1v) is 17.7. The summed E-state index contributed by atoms with van der Waals surface area (Å²) in [5, 5.41) is 17.0. The lowest BCUT2D eigenvalue weighted by Gasteiger charge is -2.36. The van der Waals surface area contributed by atoms with Gasteiger partial charge in [-0.2, -0.15) is 0 Å². The fourth-order valence-electron chi connectivity index (χ4n) is 5.62. The monoisotopic (exact) mass is 701 g/mol. The van der Waals surface area contributed by atoms with Crippen molar-refractivity contribution in [2.24, 2.45) is 0 Å². The quantitative estimate of drug-likeness (QED) is 0.115. The lowest BCUT2D eigenvalue weighted by molar-refractivity contribution is -0.159. The highest BCUT2D eigenvalue weighted by atomic mass is 16.6. The summed E-state index contributed by atoms with van der Waals surface area (Å²) in [6.07, 6.45) is 1.62. The third-order valence-corrected chi connectivity index (χ3v) is 7.97. The molecule has 3 rings (SSSR count). The van der Waals surface area contributed by atoms with Crippen LogP contribution in [0, 0.1) is 6.92 Å². The minimum Gasteiger partial charge on any atom is -0.507 e. The molecule has 0 aliphatic rings. The fraction of sp³-hybridized carbons (Fsp3) is 0.463. The number of esters is 1. The van der Waals surface area contributed by atoms with Gasteiger partial charge < -0.3 is 30.1 Å². The van der Waals surface area contributed by atoms with Crippen molar-refractivity contribution in [2.45, 2.75) is 117 Å². The summed E-state index contributed by atoms with van der Waals surface area (Å²) in [5.74, 6) is -2.01. The summed E-state index contributed by atoms with van der Waals surface area (Å²) in [4.78, 5) is 57.7. The number of hydrogen-bond acceptors (Lipinski definition) is 7. The number of phenols is 1. The molecule has 3 N–H and O–H groups in total. The van der Waals surface area contributed by atoms with Gasteiger partial charge in [-0.3, -0.25) is 9.59 Å². The molecule has 3 aromatic carbocycles. The summed E-state index contributed by atoms with van der Waals surface area (Å²) in [6, 6.07) is 19.9. The number of unbranched alkanes of at least 4 members (excludes halogenated alkanes) is 2. The first-order chi connectivity index (χ1) is 24.0. The second-order valence-electron chi connectivity index (χ2n) is 14.8. The number of aromatic hydroxyl groups is 1. The van der Waals surface area contributed by atoms with Crippen LogP contribution in [0.2, 0.25) is 0 Å². The molecule has 3 aromatic rings. The van der Waals surface area contributed by atoms with Gasteiger partial charge in [0.1, 0.15) is 35.1 Å². The number of carbonyl (C=O) groups is 4. The van der Waals surface area contributed by atoms with E-state index in [0.29, 0.717) is 12.0 Å². The zero-order chi connectivity index (χ0) is 37.8. The Hall–Kier alpha value is -4.86. The number of alkyl carbamates (subject to hydrolysis) is 1. The molecule has 0 aromatic heterocycles. The molecule has 51 heavy (non-hydrogen) atoms. The molecule has 3 unspecified atom stereocenters. The largest absolute Gasteiger partial charge is 0.507 e. The number of ether oxygens (including phenoxy) is 2. The van der Waals surface area contributed by atoms with E-state index in [1.807, 2.05) is 67.6 Å². The van der Waals surface area contributed by atoms with Gasteiger partial charge in [0.25, 0.3) is 0 Å². The van der Waals surface area contributed by atoms with Crippen LogP contribution in [0.5, 0.6) is 5.75 Å². The molecule has 0 fully saturated rings. The minimum atomic E-state index is -1.37. The maximum absolute atomic E-state index is 14.9. The molecule has 0 saturated heterocycles. The molecule has 0 aliphatic carbocycles. The number of nitrogens with zero attached hydrogens (tertiary/aromatic N) is 1. The molecule has 0 heterocycles. The van der Waals surface area contributed by atoms with Crippen LogP contribution in [0.25, 0.3) is 0 Å². The molecule has 0 bridgehead atoms. The second-order valence-corrected chi connectivity index (χ2v) is 14.8. The Labute approximate surface area is 302 Å². The molecule has 3 atom stereocenters. The van der Waals surface area contributed by atoms with E-state index in [9.17, 15) is 24.3 Å². The Morgan fingerprint density at radius 1 is 0.725 bits per heavy atom. The first kappa shape index (κ1) is 40.6. The highest BCUT2D eigenvalue weighted by molar-refractivity contribution is 5.94. The highest BCUT2D eigenvalue weighted by Gasteiger charge is 2.39. The number of phenolic OH excluding ortho intramolecular Hbond substituents is 1. The number of benzene rings is 3. The number of hydrogen-bond donors (Lipinski definition) is 3. The molecule has 0 radical (unpaired) electrons. The highest BCUT2D eigenvalue weighted by Crippen LogP contribution is 2.33. The van der Waals surface area contributed by atoms with Gasteiger partial charge in [0.15, 0.2) is 0 Å². The summed E-state index contributed by atoms with van der Waals surface area (Å²) in [5.41, 5.74) is 0.626. The summed E-state index contributed by atoms with van der Waals surface area (Å²) in [7, 11) is 0. The zero-order valence-corrected chi connectivity index (χ0v) is 31.3. The molecule has 10 heteroatoms. The number of rotatable bonds is 15. The average Bonchev–Trinajstić information content (AvgIpc) is 3.04. The van der Waals surface area contributed by atoms with Crippen molar-refractivity contribution in [1.82, 2.24) is 15.5 Å². The number of amides is 3. The Morgan fingerprint density at radius 3 is 1.80 bits per heavy atom. The van der Waals surface area contributed by atoms with Crippen LogP contribution >= 0.6 is 0 Å². The summed E-state index contributed by atoms with van der Waals surface area (Å²) < 4.78 is 11.3. The lowest BCUT2D eigenvalue weighted by atomic mass is 9.97. The molecular weight excluding hydrogens is 646 g/mol. The van der Waals surface area contributed by atoms with Gasteiger partial charge >= 0.3 is 12.1 Å². The van der Waals surface area contributed by atoms with Crippen molar-refractivity contribution in [3.05, 3.63) is 101 Å². The first-order valence-electron chi connectivity index (χ1n) is 17.7. The molecule has 0 aliphatic heterocycles. The van der Waals surface area contributed by atoms with Crippen molar-refractivity contribution >= 4 is 23.9 Å². The number of para-hydroxylation sites is 1. The Bertz CT molecular complexity index is 1600. The van der Waals surface area contributed by atoms with E-state index in [2.05, 4.69) is 10.6 Å². The fourth-order valence-corrected chi connectivity index (χ4v) is 5.62. The zero-order valence-electron chi connectivity index (χ0n) is 31.3. The van der Waals surface area contributed by atoms with Crippen LogP contribution in [0.4, 0.5) is 4.79 Å². The average molecular weight is 702 g/mol. The van der Waals surface area contributed by atoms with Crippen molar-refractivity contribution in [3.63, 3.8) is 0 Å². The number of aryl methyl sites for hydroxylation is 1. The van der Waals surface area contributed by atoms with E-state index in [0.717, 1.165) is 24.0 Å². The standard InChI is InChI=1S/C41H55N3O7/c1-9-10-17-25-44(37(47)32(26-29-20-13-11-14-21-29)43-39(49)51-41(6,7)8)34(31-24-18-19-28(2)35(31)45)36(46)42-33(38(48)50-40(3,4)5)27-30-22-15-12-16-23-30/h11-16,18-24,32-34,45H,9-10,17,25-27H2,1-8H3,(H,42,46)(H,43,49). The van der Waals surface area contributed by atoms with Gasteiger partial charge in [-0.15, -0.1) is 0 Å². The van der Waals surface area contributed by atoms with E-state index >= 15 is 0 Å². The molecule has 276 valence electrons. The third kappa shape index (κ3) is 13.1. The predicted molar refractivity (Wildman–Crippen MR) is 198 cm³/mol. The van der Waals surface area contributed by atoms with E-state index in [1.165, 1.54) is 4.90 Å². The Kier molecular flexibility index (Phi) is 14.6. The second kappa shape index (κ2) is 18.4. The smallest absolute Gasteiger partial charge is 0.408 e. The van der Waals surface area contributed by atoms with Gasteiger partial charge in [0.05, 0.1) is 0 Å². The SMILES string of the molecule is CCCCCN(C(=O)C(Cc1ccccc1)NC(=O)OC(C)(C)C)C(C(=O)NC(Cc1ccccc1)C(=O)OC(C)(C)C)c1cccc(C)c1O. The summed E-state index contributed by atoms with van der Waals surface area (Å²) in [6.45, 7) is 14.3.